The minimum absolute atomic E-state index is 0.0762. The molecule has 0 fully saturated rings. The summed E-state index contributed by atoms with van der Waals surface area (Å²) in [6.07, 6.45) is 0. The van der Waals surface area contributed by atoms with Crippen LogP contribution in [-0.2, 0) is 0 Å². The van der Waals surface area contributed by atoms with Gasteiger partial charge in [0.15, 0.2) is 0 Å². The molecular weight excluding hydrogens is 200 g/mol. The molecule has 5 nitrogen and oxygen atoms in total. The van der Waals surface area contributed by atoms with E-state index in [1.807, 2.05) is 0 Å². The Morgan fingerprint density at radius 3 is 1.47 bits per heavy atom. The Labute approximate surface area is 84.9 Å². The monoisotopic (exact) mass is 208 g/mol. The number of benzene rings is 1. The van der Waals surface area contributed by atoms with Gasteiger partial charge in [0.2, 0.25) is 0 Å². The first kappa shape index (κ1) is 10.8. The molecule has 0 radical (unpaired) electrons. The zero-order valence-corrected chi connectivity index (χ0v) is 7.60. The molecule has 3 N–H and O–H groups in total. The van der Waals surface area contributed by atoms with Crippen LogP contribution in [0, 0.1) is 0 Å². The normalized spacial score (nSPS) is 9.60. The lowest BCUT2D eigenvalue weighted by Gasteiger charge is -2.03. The number of hydrogen-bond acceptors (Lipinski definition) is 3. The van der Waals surface area contributed by atoms with Gasteiger partial charge in [-0.15, -0.1) is 0 Å². The summed E-state index contributed by atoms with van der Waals surface area (Å²) >= 11 is 0. The van der Waals surface area contributed by atoms with Gasteiger partial charge in [-0.1, -0.05) is 6.58 Å². The number of aliphatic hydroxyl groups is 1. The molecular formula is C10H8O5. The van der Waals surface area contributed by atoms with Gasteiger partial charge in [-0.05, 0) is 18.2 Å². The Bertz CT molecular complexity index is 368. The standard InChI is InChI=1S/C10H8O5/c1-5(11)6-2-7(9(12)13)4-8(3-6)10(14)15/h2-4,11H,1H2,(H,12,13)(H,14,15). The molecule has 15 heavy (non-hydrogen) atoms. The van der Waals surface area contributed by atoms with E-state index in [2.05, 4.69) is 6.58 Å². The van der Waals surface area contributed by atoms with E-state index in [0.717, 1.165) is 18.2 Å². The van der Waals surface area contributed by atoms with Crippen LogP contribution in [0.3, 0.4) is 0 Å². The maximum atomic E-state index is 10.6. The lowest BCUT2D eigenvalue weighted by molar-refractivity contribution is 0.0696. The average molecular weight is 208 g/mol. The molecule has 0 aliphatic carbocycles. The smallest absolute Gasteiger partial charge is 0.335 e. The zero-order chi connectivity index (χ0) is 11.6. The third-order valence-electron chi connectivity index (χ3n) is 1.76. The number of carbonyl (C=O) groups is 2. The van der Waals surface area contributed by atoms with E-state index in [1.54, 1.807) is 0 Å². The fraction of sp³-hybridized carbons (Fsp3) is 0. The quantitative estimate of drug-likeness (QED) is 0.656. The number of carboxylic acid groups (broad SMARTS) is 2. The molecule has 0 aliphatic rings. The maximum absolute atomic E-state index is 10.6. The molecule has 0 saturated heterocycles. The molecule has 78 valence electrons. The van der Waals surface area contributed by atoms with Crippen LogP contribution in [0.15, 0.2) is 24.8 Å². The molecule has 0 saturated carbocycles. The van der Waals surface area contributed by atoms with Crippen LogP contribution in [0.1, 0.15) is 26.3 Å². The summed E-state index contributed by atoms with van der Waals surface area (Å²) in [5.74, 6) is -2.90. The summed E-state index contributed by atoms with van der Waals surface area (Å²) in [5, 5.41) is 26.4. The van der Waals surface area contributed by atoms with Crippen molar-refractivity contribution in [2.75, 3.05) is 0 Å². The van der Waals surface area contributed by atoms with Crippen LogP contribution in [0.2, 0.25) is 0 Å². The SMILES string of the molecule is C=C(O)c1cc(C(=O)O)cc(C(=O)O)c1. The first-order valence-electron chi connectivity index (χ1n) is 3.91. The van der Waals surface area contributed by atoms with Crippen LogP contribution < -0.4 is 0 Å². The zero-order valence-electron chi connectivity index (χ0n) is 7.60. The molecule has 0 aromatic heterocycles. The maximum Gasteiger partial charge on any atom is 0.335 e. The van der Waals surface area contributed by atoms with Gasteiger partial charge in [0.1, 0.15) is 5.76 Å². The Hall–Kier alpha value is -2.30. The van der Waals surface area contributed by atoms with Crippen LogP contribution in [0.4, 0.5) is 0 Å². The molecule has 1 rings (SSSR count). The molecule has 0 bridgehead atoms. The van der Waals surface area contributed by atoms with Crippen molar-refractivity contribution in [2.24, 2.45) is 0 Å². The summed E-state index contributed by atoms with van der Waals surface area (Å²) in [6, 6.07) is 3.31. The van der Waals surface area contributed by atoms with Gasteiger partial charge >= 0.3 is 11.9 Å². The van der Waals surface area contributed by atoms with Crippen LogP contribution in [0.5, 0.6) is 0 Å². The van der Waals surface area contributed by atoms with Crippen molar-refractivity contribution in [2.45, 2.75) is 0 Å². The van der Waals surface area contributed by atoms with Crippen molar-refractivity contribution < 1.29 is 24.9 Å². The van der Waals surface area contributed by atoms with Crippen molar-refractivity contribution in [3.8, 4) is 0 Å². The number of carboxylic acids is 2. The highest BCUT2D eigenvalue weighted by Crippen LogP contribution is 2.15. The van der Waals surface area contributed by atoms with Crippen LogP contribution in [-0.4, -0.2) is 27.3 Å². The first-order chi connectivity index (χ1) is 6.91. The second-order valence-corrected chi connectivity index (χ2v) is 2.86. The van der Waals surface area contributed by atoms with Gasteiger partial charge in [-0.25, -0.2) is 9.59 Å². The summed E-state index contributed by atoms with van der Waals surface area (Å²) in [6.45, 7) is 3.20. The predicted octanol–water partition coefficient (Wildman–Crippen LogP) is 1.61. The first-order valence-corrected chi connectivity index (χ1v) is 3.91. The van der Waals surface area contributed by atoms with Gasteiger partial charge in [-0.3, -0.25) is 0 Å². The van der Waals surface area contributed by atoms with E-state index in [1.165, 1.54) is 0 Å². The van der Waals surface area contributed by atoms with Crippen LogP contribution >= 0.6 is 0 Å². The molecule has 1 aromatic rings. The van der Waals surface area contributed by atoms with Crippen molar-refractivity contribution in [3.63, 3.8) is 0 Å². The summed E-state index contributed by atoms with van der Waals surface area (Å²) < 4.78 is 0. The van der Waals surface area contributed by atoms with E-state index < -0.39 is 11.9 Å². The predicted molar refractivity (Wildman–Crippen MR) is 52.0 cm³/mol. The van der Waals surface area contributed by atoms with E-state index in [4.69, 9.17) is 15.3 Å². The summed E-state index contributed by atoms with van der Waals surface area (Å²) in [4.78, 5) is 21.3. The second-order valence-electron chi connectivity index (χ2n) is 2.86. The third-order valence-corrected chi connectivity index (χ3v) is 1.76. The van der Waals surface area contributed by atoms with Gasteiger partial charge < -0.3 is 15.3 Å². The highest BCUT2D eigenvalue weighted by molar-refractivity contribution is 5.95. The molecule has 0 atom stereocenters. The summed E-state index contributed by atoms with van der Waals surface area (Å²) in [5.41, 5.74) is -0.340. The van der Waals surface area contributed by atoms with E-state index >= 15 is 0 Å². The van der Waals surface area contributed by atoms with E-state index in [9.17, 15) is 9.59 Å². The second kappa shape index (κ2) is 3.83. The Morgan fingerprint density at radius 1 is 0.867 bits per heavy atom. The van der Waals surface area contributed by atoms with Crippen molar-refractivity contribution in [1.82, 2.24) is 0 Å². The minimum Gasteiger partial charge on any atom is -0.508 e. The Kier molecular flexibility index (Phi) is 2.75. The minimum atomic E-state index is -1.26. The Balaban J connectivity index is 3.39. The highest BCUT2D eigenvalue weighted by atomic mass is 16.4. The number of hydrogen-bond donors (Lipinski definition) is 3. The van der Waals surface area contributed by atoms with Crippen molar-refractivity contribution >= 4 is 17.7 Å². The summed E-state index contributed by atoms with van der Waals surface area (Å²) in [7, 11) is 0. The van der Waals surface area contributed by atoms with Gasteiger partial charge in [0.05, 0.1) is 11.1 Å². The van der Waals surface area contributed by atoms with Gasteiger partial charge in [0.25, 0.3) is 0 Å². The van der Waals surface area contributed by atoms with Crippen LogP contribution in [0.25, 0.3) is 5.76 Å². The molecule has 5 heteroatoms. The molecule has 1 aromatic carbocycles. The van der Waals surface area contributed by atoms with E-state index in [0.29, 0.717) is 0 Å². The largest absolute Gasteiger partial charge is 0.508 e. The van der Waals surface area contributed by atoms with Gasteiger partial charge in [0, 0.05) is 5.56 Å². The van der Waals surface area contributed by atoms with Gasteiger partial charge in [-0.2, -0.15) is 0 Å². The average Bonchev–Trinajstić information content (AvgIpc) is 2.16. The van der Waals surface area contributed by atoms with E-state index in [-0.39, 0.29) is 22.4 Å². The number of aliphatic hydroxyl groups excluding tert-OH is 1. The molecule has 0 unspecified atom stereocenters. The van der Waals surface area contributed by atoms with Crippen molar-refractivity contribution in [3.05, 3.63) is 41.5 Å². The molecule has 0 spiro atoms. The topological polar surface area (TPSA) is 94.8 Å². The number of rotatable bonds is 3. The molecule has 0 aliphatic heterocycles. The molecule has 0 amide bonds. The number of aromatic carboxylic acids is 2. The lowest BCUT2D eigenvalue weighted by atomic mass is 10.0. The molecule has 0 heterocycles. The van der Waals surface area contributed by atoms with Crippen molar-refractivity contribution in [1.29, 1.82) is 0 Å². The fourth-order valence-corrected chi connectivity index (χ4v) is 1.04. The fourth-order valence-electron chi connectivity index (χ4n) is 1.04. The Morgan fingerprint density at radius 2 is 1.20 bits per heavy atom. The highest BCUT2D eigenvalue weighted by Gasteiger charge is 2.12. The lowest BCUT2D eigenvalue weighted by Crippen LogP contribution is -2.03. The third kappa shape index (κ3) is 2.34.